The van der Waals surface area contributed by atoms with Crippen LogP contribution in [0.4, 0.5) is 10.5 Å². The van der Waals surface area contributed by atoms with Gasteiger partial charge in [0, 0.05) is 10.6 Å². The van der Waals surface area contributed by atoms with Crippen LogP contribution in [0.15, 0.2) is 59.5 Å². The third-order valence-electron chi connectivity index (χ3n) is 4.65. The lowest BCUT2D eigenvalue weighted by Gasteiger charge is -2.25. The number of hydrogen-bond donors (Lipinski definition) is 2. The Morgan fingerprint density at radius 2 is 1.78 bits per heavy atom. The monoisotopic (exact) mass is 383 g/mol. The zero-order valence-corrected chi connectivity index (χ0v) is 16.0. The van der Waals surface area contributed by atoms with E-state index in [4.69, 9.17) is 0 Å². The quantitative estimate of drug-likeness (QED) is 0.593. The van der Waals surface area contributed by atoms with Crippen LogP contribution in [0, 0.1) is 0 Å². The Morgan fingerprint density at radius 3 is 2.37 bits per heavy atom. The first-order valence-electron chi connectivity index (χ1n) is 8.63. The van der Waals surface area contributed by atoms with Crippen LogP contribution in [-0.4, -0.2) is 35.5 Å². The molecule has 1 unspecified atom stereocenters. The maximum Gasteiger partial charge on any atom is 0.325 e. The third-order valence-corrected chi connectivity index (χ3v) is 5.39. The van der Waals surface area contributed by atoms with E-state index in [9.17, 15) is 14.4 Å². The molecule has 4 amide bonds. The first-order valence-corrected chi connectivity index (χ1v) is 9.86. The Labute approximate surface area is 162 Å². The van der Waals surface area contributed by atoms with E-state index in [2.05, 4.69) is 10.6 Å². The molecule has 1 fully saturated rings. The van der Waals surface area contributed by atoms with Gasteiger partial charge in [-0.15, -0.1) is 11.8 Å². The number of anilines is 1. The van der Waals surface area contributed by atoms with E-state index >= 15 is 0 Å². The molecule has 1 aliphatic rings. The Morgan fingerprint density at radius 1 is 1.11 bits per heavy atom. The lowest BCUT2D eigenvalue weighted by Crippen LogP contribution is -2.44. The number of benzene rings is 2. The molecule has 0 bridgehead atoms. The van der Waals surface area contributed by atoms with Gasteiger partial charge in [-0.1, -0.05) is 37.3 Å². The number of carbonyl (C=O) groups excluding carboxylic acids is 3. The molecule has 1 saturated heterocycles. The van der Waals surface area contributed by atoms with Crippen LogP contribution < -0.4 is 10.6 Å². The van der Waals surface area contributed by atoms with E-state index in [0.29, 0.717) is 17.7 Å². The standard InChI is InChI=1S/C20H21N3O3S/c1-3-20(14-7-5-4-6-8-14)18(25)23(19(26)22-20)13-17(24)21-15-9-11-16(27-2)12-10-15/h4-12H,3,13H2,1-2H3,(H,21,24)(H,22,26). The molecular weight excluding hydrogens is 362 g/mol. The Balaban J connectivity index is 1.74. The summed E-state index contributed by atoms with van der Waals surface area (Å²) < 4.78 is 0. The summed E-state index contributed by atoms with van der Waals surface area (Å²) in [6, 6.07) is 15.9. The molecule has 0 radical (unpaired) electrons. The van der Waals surface area contributed by atoms with Crippen LogP contribution in [0.2, 0.25) is 0 Å². The molecule has 1 atom stereocenters. The molecule has 3 rings (SSSR count). The molecule has 7 heteroatoms. The second-order valence-electron chi connectivity index (χ2n) is 6.22. The average molecular weight is 383 g/mol. The summed E-state index contributed by atoms with van der Waals surface area (Å²) in [7, 11) is 0. The summed E-state index contributed by atoms with van der Waals surface area (Å²) in [5, 5.41) is 5.50. The van der Waals surface area contributed by atoms with Gasteiger partial charge in [-0.2, -0.15) is 0 Å². The highest BCUT2D eigenvalue weighted by Crippen LogP contribution is 2.32. The molecule has 2 N–H and O–H groups in total. The number of imide groups is 1. The summed E-state index contributed by atoms with van der Waals surface area (Å²) in [6.07, 6.45) is 2.37. The highest BCUT2D eigenvalue weighted by molar-refractivity contribution is 7.98. The highest BCUT2D eigenvalue weighted by Gasteiger charge is 2.51. The first kappa shape index (κ1) is 19.0. The van der Waals surface area contributed by atoms with Crippen molar-refractivity contribution in [3.63, 3.8) is 0 Å². The molecule has 2 aromatic carbocycles. The van der Waals surface area contributed by atoms with Gasteiger partial charge in [0.1, 0.15) is 12.1 Å². The predicted molar refractivity (Wildman–Crippen MR) is 106 cm³/mol. The fourth-order valence-electron chi connectivity index (χ4n) is 3.15. The number of thioether (sulfide) groups is 1. The van der Waals surface area contributed by atoms with E-state index in [1.165, 1.54) is 0 Å². The predicted octanol–water partition coefficient (Wildman–Crippen LogP) is 3.20. The number of amides is 4. The topological polar surface area (TPSA) is 78.5 Å². The van der Waals surface area contributed by atoms with Gasteiger partial charge < -0.3 is 10.6 Å². The maximum absolute atomic E-state index is 13.0. The van der Waals surface area contributed by atoms with Gasteiger partial charge in [0.05, 0.1) is 0 Å². The fraction of sp³-hybridized carbons (Fsp3) is 0.250. The molecule has 2 aromatic rings. The molecule has 0 saturated carbocycles. The number of rotatable bonds is 6. The minimum Gasteiger partial charge on any atom is -0.325 e. The van der Waals surface area contributed by atoms with Crippen LogP contribution in [0.1, 0.15) is 18.9 Å². The third kappa shape index (κ3) is 3.68. The number of nitrogens with zero attached hydrogens (tertiary/aromatic N) is 1. The van der Waals surface area contributed by atoms with Crippen LogP contribution in [-0.2, 0) is 15.1 Å². The molecule has 140 valence electrons. The minimum atomic E-state index is -1.13. The van der Waals surface area contributed by atoms with Gasteiger partial charge in [-0.25, -0.2) is 4.79 Å². The molecule has 1 aliphatic heterocycles. The average Bonchev–Trinajstić information content (AvgIpc) is 2.94. The van der Waals surface area contributed by atoms with E-state index < -0.39 is 23.4 Å². The molecule has 0 spiro atoms. The Hall–Kier alpha value is -2.80. The van der Waals surface area contributed by atoms with Crippen molar-refractivity contribution in [1.29, 1.82) is 0 Å². The summed E-state index contributed by atoms with van der Waals surface area (Å²) >= 11 is 1.60. The first-order chi connectivity index (χ1) is 13.0. The zero-order chi connectivity index (χ0) is 19.4. The summed E-state index contributed by atoms with van der Waals surface area (Å²) in [5.74, 6) is -0.829. The van der Waals surface area contributed by atoms with Crippen molar-refractivity contribution in [2.75, 3.05) is 18.1 Å². The van der Waals surface area contributed by atoms with E-state index in [-0.39, 0.29) is 6.54 Å². The van der Waals surface area contributed by atoms with Crippen molar-refractivity contribution in [2.45, 2.75) is 23.8 Å². The van der Waals surface area contributed by atoms with Crippen molar-refractivity contribution >= 4 is 35.3 Å². The van der Waals surface area contributed by atoms with Gasteiger partial charge >= 0.3 is 6.03 Å². The smallest absolute Gasteiger partial charge is 0.325 e. The van der Waals surface area contributed by atoms with Gasteiger partial charge in [-0.05, 0) is 42.5 Å². The molecule has 6 nitrogen and oxygen atoms in total. The largest absolute Gasteiger partial charge is 0.325 e. The van der Waals surface area contributed by atoms with Crippen LogP contribution >= 0.6 is 11.8 Å². The number of carbonyl (C=O) groups is 3. The fourth-order valence-corrected chi connectivity index (χ4v) is 3.56. The van der Waals surface area contributed by atoms with Crippen molar-refractivity contribution in [1.82, 2.24) is 10.2 Å². The van der Waals surface area contributed by atoms with Gasteiger partial charge in [-0.3, -0.25) is 14.5 Å². The van der Waals surface area contributed by atoms with E-state index in [0.717, 1.165) is 9.80 Å². The second-order valence-corrected chi connectivity index (χ2v) is 7.10. The zero-order valence-electron chi connectivity index (χ0n) is 15.2. The number of nitrogens with one attached hydrogen (secondary N) is 2. The van der Waals surface area contributed by atoms with Crippen LogP contribution in [0.3, 0.4) is 0 Å². The molecule has 27 heavy (non-hydrogen) atoms. The molecule has 1 heterocycles. The Bertz CT molecular complexity index is 855. The second kappa shape index (κ2) is 7.84. The summed E-state index contributed by atoms with van der Waals surface area (Å²) in [6.45, 7) is 1.51. The minimum absolute atomic E-state index is 0.330. The summed E-state index contributed by atoms with van der Waals surface area (Å²) in [5.41, 5.74) is 0.203. The van der Waals surface area contributed by atoms with Crippen LogP contribution in [0.25, 0.3) is 0 Å². The van der Waals surface area contributed by atoms with Gasteiger partial charge in [0.2, 0.25) is 5.91 Å². The lowest BCUT2D eigenvalue weighted by atomic mass is 9.87. The van der Waals surface area contributed by atoms with Crippen molar-refractivity contribution in [2.24, 2.45) is 0 Å². The maximum atomic E-state index is 13.0. The summed E-state index contributed by atoms with van der Waals surface area (Å²) in [4.78, 5) is 39.8. The SMILES string of the molecule is CCC1(c2ccccc2)NC(=O)N(CC(=O)Nc2ccc(SC)cc2)C1=O. The van der Waals surface area contributed by atoms with E-state index in [1.807, 2.05) is 43.5 Å². The van der Waals surface area contributed by atoms with Crippen molar-refractivity contribution < 1.29 is 14.4 Å². The van der Waals surface area contributed by atoms with Gasteiger partial charge in [0.15, 0.2) is 0 Å². The number of urea groups is 1. The number of hydrogen-bond acceptors (Lipinski definition) is 4. The molecular formula is C20H21N3O3S. The van der Waals surface area contributed by atoms with Gasteiger partial charge in [0.25, 0.3) is 5.91 Å². The molecule has 0 aromatic heterocycles. The van der Waals surface area contributed by atoms with Crippen LogP contribution in [0.5, 0.6) is 0 Å². The normalized spacial score (nSPS) is 19.1. The Kier molecular flexibility index (Phi) is 5.51. The van der Waals surface area contributed by atoms with E-state index in [1.54, 1.807) is 36.0 Å². The molecule has 0 aliphatic carbocycles. The highest BCUT2D eigenvalue weighted by atomic mass is 32.2. The van der Waals surface area contributed by atoms with Crippen molar-refractivity contribution in [3.05, 3.63) is 60.2 Å². The van der Waals surface area contributed by atoms with Crippen molar-refractivity contribution in [3.8, 4) is 0 Å². The lowest BCUT2D eigenvalue weighted by molar-refractivity contribution is -0.134.